The summed E-state index contributed by atoms with van der Waals surface area (Å²) in [6.07, 6.45) is 2.58. The van der Waals surface area contributed by atoms with Gasteiger partial charge in [0.15, 0.2) is 5.65 Å². The van der Waals surface area contributed by atoms with Crippen molar-refractivity contribution in [3.8, 4) is 6.07 Å². The van der Waals surface area contributed by atoms with Crippen molar-refractivity contribution < 1.29 is 0 Å². The van der Waals surface area contributed by atoms with Gasteiger partial charge in [-0.15, -0.1) is 0 Å². The second-order valence-electron chi connectivity index (χ2n) is 6.50. The van der Waals surface area contributed by atoms with Gasteiger partial charge in [0, 0.05) is 22.8 Å². The van der Waals surface area contributed by atoms with Gasteiger partial charge in [0.2, 0.25) is 0 Å². The molecule has 3 rings (SSSR count). The zero-order valence-electron chi connectivity index (χ0n) is 12.6. The van der Waals surface area contributed by atoms with Crippen molar-refractivity contribution in [1.29, 1.82) is 5.26 Å². The Morgan fingerprint density at radius 1 is 1.40 bits per heavy atom. The van der Waals surface area contributed by atoms with Gasteiger partial charge < -0.3 is 4.90 Å². The van der Waals surface area contributed by atoms with Gasteiger partial charge in [-0.1, -0.05) is 0 Å². The van der Waals surface area contributed by atoms with E-state index >= 15 is 0 Å². The van der Waals surface area contributed by atoms with Crippen molar-refractivity contribution in [3.05, 3.63) is 23.0 Å². The zero-order chi connectivity index (χ0) is 14.7. The molecule has 0 bridgehead atoms. The molecule has 3 heterocycles. The lowest BCUT2D eigenvalue weighted by Crippen LogP contribution is -2.45. The van der Waals surface area contributed by atoms with Gasteiger partial charge in [0.1, 0.15) is 17.5 Å². The van der Waals surface area contributed by atoms with E-state index in [4.69, 9.17) is 0 Å². The summed E-state index contributed by atoms with van der Waals surface area (Å²) in [5.41, 5.74) is 3.44. The average Bonchev–Trinajstić information content (AvgIpc) is 2.88. The van der Waals surface area contributed by atoms with Crippen molar-refractivity contribution in [2.24, 2.45) is 0 Å². The van der Waals surface area contributed by atoms with E-state index < -0.39 is 0 Å². The first-order valence-corrected chi connectivity index (χ1v) is 6.91. The Bertz CT molecular complexity index is 729. The topological polar surface area (TPSA) is 57.2 Å². The molecular formula is C15H19N5. The molecule has 5 heteroatoms. The van der Waals surface area contributed by atoms with E-state index in [-0.39, 0.29) is 5.54 Å². The first-order valence-electron chi connectivity index (χ1n) is 6.91. The first kappa shape index (κ1) is 12.9. The molecular weight excluding hydrogens is 250 g/mol. The normalized spacial score (nSPS) is 18.4. The summed E-state index contributed by atoms with van der Waals surface area (Å²) in [6, 6.07) is 2.58. The van der Waals surface area contributed by atoms with Gasteiger partial charge in [-0.3, -0.25) is 0 Å². The van der Waals surface area contributed by atoms with Crippen LogP contribution in [0.4, 0.5) is 5.82 Å². The fourth-order valence-electron chi connectivity index (χ4n) is 3.26. The van der Waals surface area contributed by atoms with Gasteiger partial charge in [0.05, 0.1) is 6.20 Å². The quantitative estimate of drug-likeness (QED) is 0.737. The van der Waals surface area contributed by atoms with Crippen LogP contribution in [-0.4, -0.2) is 26.2 Å². The van der Waals surface area contributed by atoms with Gasteiger partial charge in [-0.2, -0.15) is 14.9 Å². The number of rotatable bonds is 0. The molecule has 0 fully saturated rings. The van der Waals surface area contributed by atoms with Gasteiger partial charge >= 0.3 is 0 Å². The molecule has 0 aliphatic carbocycles. The lowest BCUT2D eigenvalue weighted by Gasteiger charge is -2.38. The largest absolute Gasteiger partial charge is 0.348 e. The third-order valence-corrected chi connectivity index (χ3v) is 3.94. The number of nitriles is 1. The van der Waals surface area contributed by atoms with E-state index in [1.807, 2.05) is 11.4 Å². The predicted octanol–water partition coefficient (Wildman–Crippen LogP) is 2.46. The van der Waals surface area contributed by atoms with Crippen LogP contribution in [0.1, 0.15) is 44.5 Å². The van der Waals surface area contributed by atoms with Gasteiger partial charge in [-0.05, 0) is 41.0 Å². The maximum Gasteiger partial charge on any atom is 0.175 e. The number of aromatic nitrogens is 3. The number of fused-ring (bicyclic) bond motifs is 3. The van der Waals surface area contributed by atoms with E-state index in [0.29, 0.717) is 17.3 Å². The number of anilines is 1. The van der Waals surface area contributed by atoms with Crippen LogP contribution in [0.15, 0.2) is 6.20 Å². The standard InChI is InChI=1S/C15H19N5/c1-9-6-12-10(2)18-13-11(7-16)8-17-20(13)14(12)19(9)15(3,4)5/h8-9H,6H2,1-5H3. The molecule has 0 amide bonds. The van der Waals surface area contributed by atoms with E-state index in [9.17, 15) is 5.26 Å². The van der Waals surface area contributed by atoms with Gasteiger partial charge in [-0.25, -0.2) is 4.98 Å². The smallest absolute Gasteiger partial charge is 0.175 e. The third-order valence-electron chi connectivity index (χ3n) is 3.94. The van der Waals surface area contributed by atoms with Crippen molar-refractivity contribution in [2.45, 2.75) is 52.6 Å². The summed E-state index contributed by atoms with van der Waals surface area (Å²) >= 11 is 0. The summed E-state index contributed by atoms with van der Waals surface area (Å²) in [7, 11) is 0. The SMILES string of the molecule is Cc1nc2c(C#N)cnn2c2c1CC(C)N2C(C)(C)C. The van der Waals surface area contributed by atoms with Crippen molar-refractivity contribution in [2.75, 3.05) is 4.90 Å². The molecule has 2 aromatic rings. The lowest BCUT2D eigenvalue weighted by atomic mass is 10.1. The van der Waals surface area contributed by atoms with Crippen LogP contribution in [0.25, 0.3) is 5.65 Å². The van der Waals surface area contributed by atoms with Crippen molar-refractivity contribution in [3.63, 3.8) is 0 Å². The highest BCUT2D eigenvalue weighted by atomic mass is 15.4. The molecule has 1 aliphatic rings. The highest BCUT2D eigenvalue weighted by Gasteiger charge is 2.37. The van der Waals surface area contributed by atoms with E-state index in [1.54, 1.807) is 6.20 Å². The fraction of sp³-hybridized carbons (Fsp3) is 0.533. The summed E-state index contributed by atoms with van der Waals surface area (Å²) in [5.74, 6) is 1.09. The number of nitrogens with zero attached hydrogens (tertiary/aromatic N) is 5. The minimum absolute atomic E-state index is 0.00411. The molecule has 0 radical (unpaired) electrons. The maximum absolute atomic E-state index is 9.18. The summed E-state index contributed by atoms with van der Waals surface area (Å²) in [6.45, 7) is 10.9. The number of hydrogen-bond acceptors (Lipinski definition) is 4. The van der Waals surface area contributed by atoms with Crippen molar-refractivity contribution >= 4 is 11.5 Å². The Morgan fingerprint density at radius 2 is 2.10 bits per heavy atom. The molecule has 104 valence electrons. The van der Waals surface area contributed by atoms with Crippen LogP contribution in [-0.2, 0) is 6.42 Å². The highest BCUT2D eigenvalue weighted by Crippen LogP contribution is 2.38. The Balaban J connectivity index is 2.37. The molecule has 1 unspecified atom stereocenters. The van der Waals surface area contributed by atoms with Crippen LogP contribution in [0.3, 0.4) is 0 Å². The predicted molar refractivity (Wildman–Crippen MR) is 77.8 cm³/mol. The minimum atomic E-state index is 0.00411. The molecule has 0 N–H and O–H groups in total. The molecule has 1 aliphatic heterocycles. The minimum Gasteiger partial charge on any atom is -0.348 e. The molecule has 5 nitrogen and oxygen atoms in total. The second-order valence-corrected chi connectivity index (χ2v) is 6.50. The molecule has 0 aromatic carbocycles. The Morgan fingerprint density at radius 3 is 2.70 bits per heavy atom. The van der Waals surface area contributed by atoms with Crippen LogP contribution in [0.2, 0.25) is 0 Å². The van der Waals surface area contributed by atoms with Crippen LogP contribution in [0, 0.1) is 18.3 Å². The fourth-order valence-corrected chi connectivity index (χ4v) is 3.26. The molecule has 2 aromatic heterocycles. The average molecular weight is 269 g/mol. The molecule has 1 atom stereocenters. The van der Waals surface area contributed by atoms with E-state index in [0.717, 1.165) is 17.9 Å². The van der Waals surface area contributed by atoms with E-state index in [1.165, 1.54) is 5.56 Å². The highest BCUT2D eigenvalue weighted by molar-refractivity contribution is 5.66. The van der Waals surface area contributed by atoms with Crippen LogP contribution < -0.4 is 4.90 Å². The third kappa shape index (κ3) is 1.61. The zero-order valence-corrected chi connectivity index (χ0v) is 12.6. The molecule has 0 saturated carbocycles. The summed E-state index contributed by atoms with van der Waals surface area (Å²) in [4.78, 5) is 6.97. The van der Waals surface area contributed by atoms with Crippen LogP contribution in [0.5, 0.6) is 0 Å². The number of aryl methyl sites for hydroxylation is 1. The first-order chi connectivity index (χ1) is 9.34. The second kappa shape index (κ2) is 3.95. The summed E-state index contributed by atoms with van der Waals surface area (Å²) in [5, 5.41) is 13.6. The van der Waals surface area contributed by atoms with Gasteiger partial charge in [0.25, 0.3) is 0 Å². The Kier molecular flexibility index (Phi) is 2.55. The molecule has 0 spiro atoms. The number of hydrogen-bond donors (Lipinski definition) is 0. The van der Waals surface area contributed by atoms with Crippen molar-refractivity contribution in [1.82, 2.24) is 14.6 Å². The Labute approximate surface area is 118 Å². The lowest BCUT2D eigenvalue weighted by molar-refractivity contribution is 0.461. The maximum atomic E-state index is 9.18. The monoisotopic (exact) mass is 269 g/mol. The molecule has 0 saturated heterocycles. The molecule has 20 heavy (non-hydrogen) atoms. The Hall–Kier alpha value is -2.09. The summed E-state index contributed by atoms with van der Waals surface area (Å²) < 4.78 is 1.83. The van der Waals surface area contributed by atoms with Crippen LogP contribution >= 0.6 is 0 Å². The van der Waals surface area contributed by atoms with E-state index in [2.05, 4.69) is 48.7 Å².